The molecule has 1 aromatic heterocycles. The topological polar surface area (TPSA) is 46.9 Å². The molecule has 4 nitrogen and oxygen atoms in total. The van der Waals surface area contributed by atoms with Gasteiger partial charge in [0.15, 0.2) is 0 Å². The van der Waals surface area contributed by atoms with Gasteiger partial charge in [0.25, 0.3) is 0 Å². The van der Waals surface area contributed by atoms with Crippen molar-refractivity contribution in [2.24, 2.45) is 0 Å². The first kappa shape index (κ1) is 14.0. The number of allylic oxidation sites excluding steroid dienone is 2. The Bertz CT molecular complexity index is 471. The molecule has 1 heterocycles. The molecule has 0 aromatic carbocycles. The van der Waals surface area contributed by atoms with E-state index >= 15 is 0 Å². The van der Waals surface area contributed by atoms with Crippen LogP contribution in [0.3, 0.4) is 0 Å². The van der Waals surface area contributed by atoms with Crippen molar-refractivity contribution in [3.8, 4) is 0 Å². The van der Waals surface area contributed by atoms with Crippen molar-refractivity contribution in [2.75, 3.05) is 0 Å². The van der Waals surface area contributed by atoms with Crippen LogP contribution in [0.5, 0.6) is 0 Å². The van der Waals surface area contributed by atoms with Crippen LogP contribution in [0.15, 0.2) is 43.7 Å². The van der Waals surface area contributed by atoms with Crippen LogP contribution in [0, 0.1) is 0 Å². The molecule has 18 heavy (non-hydrogen) atoms. The van der Waals surface area contributed by atoms with Gasteiger partial charge in [0.05, 0.1) is 12.2 Å². The maximum atomic E-state index is 11.4. The van der Waals surface area contributed by atoms with E-state index in [0.29, 0.717) is 25.1 Å². The molecule has 1 aromatic rings. The lowest BCUT2D eigenvalue weighted by Crippen LogP contribution is -2.24. The first-order valence-electron chi connectivity index (χ1n) is 5.79. The van der Waals surface area contributed by atoms with E-state index in [2.05, 4.69) is 30.0 Å². The Labute approximate surface area is 108 Å². The third kappa shape index (κ3) is 3.73. The van der Waals surface area contributed by atoms with Crippen molar-refractivity contribution in [1.29, 1.82) is 0 Å². The Morgan fingerprint density at radius 3 is 2.78 bits per heavy atom. The smallest absolute Gasteiger partial charge is 0.246 e. The van der Waals surface area contributed by atoms with E-state index in [4.69, 9.17) is 0 Å². The van der Waals surface area contributed by atoms with E-state index in [9.17, 15) is 4.79 Å². The lowest BCUT2D eigenvalue weighted by atomic mass is 10.3. The molecular weight excluding hydrogens is 226 g/mol. The molecule has 1 amide bonds. The highest BCUT2D eigenvalue weighted by Crippen LogP contribution is 2.05. The third-order valence-corrected chi connectivity index (χ3v) is 2.38. The lowest BCUT2D eigenvalue weighted by molar-refractivity contribution is -0.117. The Morgan fingerprint density at radius 1 is 1.50 bits per heavy atom. The Morgan fingerprint density at radius 2 is 2.22 bits per heavy atom. The number of carbonyl (C=O) groups excluding carboxylic acids is 1. The molecule has 0 radical (unpaired) electrons. The van der Waals surface area contributed by atoms with E-state index in [0.717, 1.165) is 11.5 Å². The number of nitrogens with zero attached hydrogens (tertiary/aromatic N) is 2. The van der Waals surface area contributed by atoms with Crippen molar-refractivity contribution in [2.45, 2.75) is 26.4 Å². The summed E-state index contributed by atoms with van der Waals surface area (Å²) >= 11 is 0. The van der Waals surface area contributed by atoms with Crippen LogP contribution in [-0.4, -0.2) is 15.5 Å². The summed E-state index contributed by atoms with van der Waals surface area (Å²) in [4.78, 5) is 15.9. The van der Waals surface area contributed by atoms with Gasteiger partial charge < -0.3 is 9.88 Å². The second kappa shape index (κ2) is 6.59. The summed E-state index contributed by atoms with van der Waals surface area (Å²) in [6.07, 6.45) is 6.26. The summed E-state index contributed by atoms with van der Waals surface area (Å²) in [7, 11) is 0. The van der Waals surface area contributed by atoms with E-state index in [1.807, 2.05) is 10.8 Å². The van der Waals surface area contributed by atoms with Gasteiger partial charge in [-0.25, -0.2) is 4.98 Å². The minimum absolute atomic E-state index is 0.159. The maximum Gasteiger partial charge on any atom is 0.246 e. The molecule has 0 aliphatic heterocycles. The number of nitrogens with one attached hydrogen (secondary N) is 1. The molecule has 1 N–H and O–H groups in total. The maximum absolute atomic E-state index is 11.4. The van der Waals surface area contributed by atoms with Gasteiger partial charge in [0, 0.05) is 24.7 Å². The average Bonchev–Trinajstić information content (AvgIpc) is 2.69. The van der Waals surface area contributed by atoms with Crippen molar-refractivity contribution >= 4 is 5.91 Å². The third-order valence-electron chi connectivity index (χ3n) is 2.38. The number of rotatable bonds is 7. The number of imidazole rings is 1. The van der Waals surface area contributed by atoms with Gasteiger partial charge >= 0.3 is 0 Å². The largest absolute Gasteiger partial charge is 0.345 e. The number of hydrogen-bond acceptors (Lipinski definition) is 2. The molecule has 4 heteroatoms. The van der Waals surface area contributed by atoms with Crippen molar-refractivity contribution in [3.63, 3.8) is 0 Å². The zero-order valence-corrected chi connectivity index (χ0v) is 10.8. The predicted octanol–water partition coefficient (Wildman–Crippen LogP) is 1.99. The quantitative estimate of drug-likeness (QED) is 0.590. The van der Waals surface area contributed by atoms with Gasteiger partial charge in [0.1, 0.15) is 5.82 Å². The van der Waals surface area contributed by atoms with E-state index in [-0.39, 0.29) is 5.91 Å². The van der Waals surface area contributed by atoms with Crippen molar-refractivity contribution in [1.82, 2.24) is 14.9 Å². The van der Waals surface area contributed by atoms with Crippen LogP contribution in [0.1, 0.15) is 18.4 Å². The fourth-order valence-corrected chi connectivity index (χ4v) is 1.51. The summed E-state index contributed by atoms with van der Waals surface area (Å²) in [5, 5.41) is 2.77. The van der Waals surface area contributed by atoms with Crippen LogP contribution in [0.25, 0.3) is 0 Å². The predicted molar refractivity (Wildman–Crippen MR) is 73.0 cm³/mol. The van der Waals surface area contributed by atoms with Crippen LogP contribution in [-0.2, 0) is 24.3 Å². The molecular formula is C14H19N3O. The minimum Gasteiger partial charge on any atom is -0.345 e. The molecule has 0 saturated carbocycles. The van der Waals surface area contributed by atoms with Gasteiger partial charge in [-0.15, -0.1) is 13.2 Å². The molecule has 0 aliphatic rings. The van der Waals surface area contributed by atoms with Crippen LogP contribution in [0.2, 0.25) is 0 Å². The molecule has 0 atom stereocenters. The lowest BCUT2D eigenvalue weighted by Gasteiger charge is -2.06. The number of carbonyl (C=O) groups is 1. The van der Waals surface area contributed by atoms with E-state index < -0.39 is 0 Å². The second-order valence-corrected chi connectivity index (χ2v) is 4.05. The standard InChI is InChI=1S/C14H19N3O/c1-5-7-12-10-17(8-6-2)13(16-12)9-15-14(18)11(3)4/h5-6,10H,1-3,7-9H2,4H3,(H,15,18). The first-order valence-corrected chi connectivity index (χ1v) is 5.79. The van der Waals surface area contributed by atoms with Gasteiger partial charge in [-0.1, -0.05) is 18.7 Å². The highest BCUT2D eigenvalue weighted by atomic mass is 16.1. The second-order valence-electron chi connectivity index (χ2n) is 4.05. The molecule has 96 valence electrons. The van der Waals surface area contributed by atoms with Crippen LogP contribution < -0.4 is 5.32 Å². The molecule has 0 aliphatic carbocycles. The Kier molecular flexibility index (Phi) is 5.11. The van der Waals surface area contributed by atoms with Gasteiger partial charge in [-0.3, -0.25) is 4.79 Å². The van der Waals surface area contributed by atoms with Gasteiger partial charge in [-0.05, 0) is 6.92 Å². The van der Waals surface area contributed by atoms with Crippen LogP contribution in [0.4, 0.5) is 0 Å². The summed E-state index contributed by atoms with van der Waals surface area (Å²) in [5.74, 6) is 0.648. The molecule has 0 saturated heterocycles. The zero-order chi connectivity index (χ0) is 13.5. The summed E-state index contributed by atoms with van der Waals surface area (Å²) < 4.78 is 1.96. The highest BCUT2D eigenvalue weighted by Gasteiger charge is 2.08. The molecule has 0 bridgehead atoms. The normalized spacial score (nSPS) is 9.83. The Balaban J connectivity index is 2.78. The van der Waals surface area contributed by atoms with Gasteiger partial charge in [0.2, 0.25) is 5.91 Å². The fourth-order valence-electron chi connectivity index (χ4n) is 1.51. The fraction of sp³-hybridized carbons (Fsp3) is 0.286. The average molecular weight is 245 g/mol. The van der Waals surface area contributed by atoms with Crippen LogP contribution >= 0.6 is 0 Å². The monoisotopic (exact) mass is 245 g/mol. The molecule has 0 fully saturated rings. The first-order chi connectivity index (χ1) is 8.58. The molecule has 0 unspecified atom stereocenters. The summed E-state index contributed by atoms with van der Waals surface area (Å²) in [5.41, 5.74) is 1.43. The summed E-state index contributed by atoms with van der Waals surface area (Å²) in [6.45, 7) is 13.7. The van der Waals surface area contributed by atoms with Crippen molar-refractivity contribution < 1.29 is 4.79 Å². The highest BCUT2D eigenvalue weighted by molar-refractivity contribution is 5.91. The van der Waals surface area contributed by atoms with Crippen molar-refractivity contribution in [3.05, 3.63) is 55.2 Å². The summed E-state index contributed by atoms with van der Waals surface area (Å²) in [6, 6.07) is 0. The number of hydrogen-bond donors (Lipinski definition) is 1. The SMILES string of the molecule is C=CCc1cn(CC=C)c(CNC(=O)C(=C)C)n1. The number of aromatic nitrogens is 2. The van der Waals surface area contributed by atoms with Gasteiger partial charge in [-0.2, -0.15) is 0 Å². The Hall–Kier alpha value is -2.10. The number of amides is 1. The zero-order valence-electron chi connectivity index (χ0n) is 10.8. The minimum atomic E-state index is -0.159. The molecule has 1 rings (SSSR count). The van der Waals surface area contributed by atoms with E-state index in [1.54, 1.807) is 19.1 Å². The molecule has 0 spiro atoms. The van der Waals surface area contributed by atoms with E-state index in [1.165, 1.54) is 0 Å².